The zero-order valence-corrected chi connectivity index (χ0v) is 18.0. The van der Waals surface area contributed by atoms with E-state index < -0.39 is 17.7 Å². The molecule has 1 fully saturated rings. The standard InChI is InChI=1S/C23H16ClNO6S/c24-13-4-5-16(26)15(9-13)20-19(21(27)12-3-6-17-18(8-12)31-11-30-17)22(28)23(29)25(20)10-14-2-1-7-32-14/h1-9,20,26-27H,10-11H2/b21-19+. The Kier molecular flexibility index (Phi) is 5.03. The molecule has 1 saturated heterocycles. The van der Waals surface area contributed by atoms with Crippen molar-refractivity contribution in [1.29, 1.82) is 0 Å². The van der Waals surface area contributed by atoms with Crippen molar-refractivity contribution < 1.29 is 29.3 Å². The number of aromatic hydroxyl groups is 1. The number of aliphatic hydroxyl groups is 1. The Morgan fingerprint density at radius 2 is 1.94 bits per heavy atom. The third-order valence-electron chi connectivity index (χ3n) is 5.38. The minimum atomic E-state index is -1.03. The fourth-order valence-corrected chi connectivity index (χ4v) is 4.76. The number of hydrogen-bond acceptors (Lipinski definition) is 7. The van der Waals surface area contributed by atoms with E-state index >= 15 is 0 Å². The number of carbonyl (C=O) groups excluding carboxylic acids is 2. The summed E-state index contributed by atoms with van der Waals surface area (Å²) in [6.45, 7) is 0.192. The molecule has 2 aliphatic heterocycles. The molecule has 5 rings (SSSR count). The molecule has 0 aliphatic carbocycles. The monoisotopic (exact) mass is 469 g/mol. The van der Waals surface area contributed by atoms with E-state index in [0.717, 1.165) is 4.88 Å². The molecule has 0 saturated carbocycles. The largest absolute Gasteiger partial charge is 0.508 e. The van der Waals surface area contributed by atoms with Crippen LogP contribution in [0.5, 0.6) is 17.2 Å². The molecule has 0 radical (unpaired) electrons. The Labute approximate surface area is 191 Å². The van der Waals surface area contributed by atoms with Crippen molar-refractivity contribution in [3.8, 4) is 17.2 Å². The minimum absolute atomic E-state index is 0.0567. The zero-order valence-electron chi connectivity index (χ0n) is 16.4. The molecule has 1 atom stereocenters. The van der Waals surface area contributed by atoms with E-state index in [-0.39, 0.29) is 41.5 Å². The van der Waals surface area contributed by atoms with Gasteiger partial charge in [0.15, 0.2) is 11.5 Å². The molecule has 0 bridgehead atoms. The Morgan fingerprint density at radius 1 is 1.12 bits per heavy atom. The molecule has 9 heteroatoms. The molecule has 32 heavy (non-hydrogen) atoms. The lowest BCUT2D eigenvalue weighted by atomic mass is 9.94. The molecule has 7 nitrogen and oxygen atoms in total. The second kappa shape index (κ2) is 7.89. The number of aliphatic hydroxyl groups excluding tert-OH is 1. The quantitative estimate of drug-likeness (QED) is 0.333. The van der Waals surface area contributed by atoms with Gasteiger partial charge in [0, 0.05) is 21.0 Å². The first kappa shape index (κ1) is 20.4. The Balaban J connectivity index is 1.68. The van der Waals surface area contributed by atoms with Gasteiger partial charge in [-0.1, -0.05) is 17.7 Å². The Hall–Kier alpha value is -3.49. The third-order valence-corrected chi connectivity index (χ3v) is 6.47. The molecular weight excluding hydrogens is 454 g/mol. The molecule has 1 aromatic heterocycles. The topological polar surface area (TPSA) is 96.3 Å². The number of amides is 1. The van der Waals surface area contributed by atoms with Gasteiger partial charge in [-0.05, 0) is 47.8 Å². The van der Waals surface area contributed by atoms with Crippen LogP contribution in [0.1, 0.15) is 22.0 Å². The average Bonchev–Trinajstić information content (AvgIpc) is 3.52. The van der Waals surface area contributed by atoms with E-state index in [4.69, 9.17) is 21.1 Å². The van der Waals surface area contributed by atoms with Gasteiger partial charge in [-0.3, -0.25) is 9.59 Å². The summed E-state index contributed by atoms with van der Waals surface area (Å²) >= 11 is 7.59. The highest BCUT2D eigenvalue weighted by Crippen LogP contribution is 2.45. The van der Waals surface area contributed by atoms with Crippen molar-refractivity contribution in [3.63, 3.8) is 0 Å². The molecule has 2 aliphatic rings. The number of Topliss-reactive ketones (excluding diaryl/α,β-unsaturated/α-hetero) is 1. The zero-order chi connectivity index (χ0) is 22.4. The summed E-state index contributed by atoms with van der Waals surface area (Å²) in [5.41, 5.74) is 0.397. The van der Waals surface area contributed by atoms with Crippen LogP contribution >= 0.6 is 22.9 Å². The van der Waals surface area contributed by atoms with Crippen LogP contribution in [0.4, 0.5) is 0 Å². The van der Waals surface area contributed by atoms with Crippen LogP contribution in [-0.2, 0) is 16.1 Å². The van der Waals surface area contributed by atoms with Crippen LogP contribution in [0.2, 0.25) is 5.02 Å². The second-order valence-corrected chi connectivity index (χ2v) is 8.75. The lowest BCUT2D eigenvalue weighted by Crippen LogP contribution is -2.28. The fraction of sp³-hybridized carbons (Fsp3) is 0.130. The molecule has 2 aromatic carbocycles. The Bertz CT molecular complexity index is 1270. The first-order chi connectivity index (χ1) is 15.4. The summed E-state index contributed by atoms with van der Waals surface area (Å²) in [6.07, 6.45) is 0. The normalized spacial score (nSPS) is 19.0. The molecule has 0 spiro atoms. The summed E-state index contributed by atoms with van der Waals surface area (Å²) in [7, 11) is 0. The van der Waals surface area contributed by atoms with Gasteiger partial charge in [0.25, 0.3) is 11.7 Å². The van der Waals surface area contributed by atoms with E-state index in [1.54, 1.807) is 18.2 Å². The summed E-state index contributed by atoms with van der Waals surface area (Å²) in [6, 6.07) is 11.8. The van der Waals surface area contributed by atoms with Crippen LogP contribution < -0.4 is 9.47 Å². The smallest absolute Gasteiger partial charge is 0.295 e. The van der Waals surface area contributed by atoms with Gasteiger partial charge >= 0.3 is 0 Å². The van der Waals surface area contributed by atoms with E-state index in [0.29, 0.717) is 16.5 Å². The van der Waals surface area contributed by atoms with Crippen LogP contribution in [0.3, 0.4) is 0 Å². The molecule has 3 heterocycles. The minimum Gasteiger partial charge on any atom is -0.508 e. The van der Waals surface area contributed by atoms with Crippen LogP contribution in [0.15, 0.2) is 59.5 Å². The van der Waals surface area contributed by atoms with Crippen molar-refractivity contribution >= 4 is 40.4 Å². The summed E-state index contributed by atoms with van der Waals surface area (Å²) < 4.78 is 10.7. The van der Waals surface area contributed by atoms with Crippen LogP contribution in [0.25, 0.3) is 5.76 Å². The molecule has 162 valence electrons. The SMILES string of the molecule is O=C1C(=O)N(Cc2cccs2)C(c2cc(Cl)ccc2O)/C1=C(\O)c1ccc2c(c1)OCO2. The maximum absolute atomic E-state index is 13.1. The van der Waals surface area contributed by atoms with Gasteiger partial charge in [0.1, 0.15) is 11.5 Å². The number of phenols is 1. The van der Waals surface area contributed by atoms with Crippen molar-refractivity contribution in [2.45, 2.75) is 12.6 Å². The summed E-state index contributed by atoms with van der Waals surface area (Å²) in [4.78, 5) is 28.3. The number of thiophene rings is 1. The van der Waals surface area contributed by atoms with Gasteiger partial charge in [-0.15, -0.1) is 11.3 Å². The van der Waals surface area contributed by atoms with Crippen molar-refractivity contribution in [1.82, 2.24) is 4.90 Å². The van der Waals surface area contributed by atoms with Crippen LogP contribution in [0, 0.1) is 0 Å². The molecular formula is C23H16ClNO6S. The van der Waals surface area contributed by atoms with E-state index in [9.17, 15) is 19.8 Å². The number of fused-ring (bicyclic) bond motifs is 1. The predicted octanol–water partition coefficient (Wildman–Crippen LogP) is 4.46. The average molecular weight is 470 g/mol. The van der Waals surface area contributed by atoms with E-state index in [1.807, 2.05) is 17.5 Å². The molecule has 1 amide bonds. The maximum atomic E-state index is 13.1. The second-order valence-electron chi connectivity index (χ2n) is 7.28. The van der Waals surface area contributed by atoms with Gasteiger partial charge in [0.2, 0.25) is 6.79 Å². The lowest BCUT2D eigenvalue weighted by molar-refractivity contribution is -0.140. The first-order valence-corrected chi connectivity index (χ1v) is 10.9. The number of benzene rings is 2. The van der Waals surface area contributed by atoms with E-state index in [1.165, 1.54) is 34.4 Å². The highest BCUT2D eigenvalue weighted by atomic mass is 35.5. The number of phenolic OH excluding ortho intramolecular Hbond substituents is 1. The number of ether oxygens (including phenoxy) is 2. The van der Waals surface area contributed by atoms with Gasteiger partial charge in [-0.25, -0.2) is 0 Å². The lowest BCUT2D eigenvalue weighted by Gasteiger charge is -2.25. The van der Waals surface area contributed by atoms with E-state index in [2.05, 4.69) is 0 Å². The maximum Gasteiger partial charge on any atom is 0.295 e. The predicted molar refractivity (Wildman–Crippen MR) is 118 cm³/mol. The number of likely N-dealkylation sites (tertiary alicyclic amines) is 1. The highest BCUT2D eigenvalue weighted by molar-refractivity contribution is 7.09. The molecule has 2 N–H and O–H groups in total. The summed E-state index contributed by atoms with van der Waals surface area (Å²) in [5.74, 6) is -1.20. The Morgan fingerprint density at radius 3 is 2.72 bits per heavy atom. The third kappa shape index (κ3) is 3.37. The van der Waals surface area contributed by atoms with Crippen LogP contribution in [-0.4, -0.2) is 33.6 Å². The number of ketones is 1. The highest BCUT2D eigenvalue weighted by Gasteiger charge is 2.47. The number of nitrogens with zero attached hydrogens (tertiary/aromatic N) is 1. The van der Waals surface area contributed by atoms with Gasteiger partial charge in [0.05, 0.1) is 18.2 Å². The number of halogens is 1. The number of rotatable bonds is 4. The summed E-state index contributed by atoms with van der Waals surface area (Å²) in [5, 5.41) is 23.9. The van der Waals surface area contributed by atoms with Gasteiger partial charge < -0.3 is 24.6 Å². The first-order valence-electron chi connectivity index (χ1n) is 9.63. The fourth-order valence-electron chi connectivity index (χ4n) is 3.88. The van der Waals surface area contributed by atoms with Gasteiger partial charge in [-0.2, -0.15) is 0 Å². The van der Waals surface area contributed by atoms with Crippen molar-refractivity contribution in [3.05, 3.63) is 80.5 Å². The number of carbonyl (C=O) groups is 2. The molecule has 3 aromatic rings. The van der Waals surface area contributed by atoms with Crippen molar-refractivity contribution in [2.24, 2.45) is 0 Å². The molecule has 1 unspecified atom stereocenters. The van der Waals surface area contributed by atoms with Crippen molar-refractivity contribution in [2.75, 3.05) is 6.79 Å². The number of hydrogen-bond donors (Lipinski definition) is 2.